The molecule has 0 N–H and O–H groups in total. The molecule has 0 saturated carbocycles. The summed E-state index contributed by atoms with van der Waals surface area (Å²) < 4.78 is 3.46. The van der Waals surface area contributed by atoms with Crippen molar-refractivity contribution in [3.8, 4) is 16.9 Å². The van der Waals surface area contributed by atoms with Crippen LogP contribution < -0.4 is 0 Å². The maximum absolute atomic E-state index is 13.0. The van der Waals surface area contributed by atoms with E-state index in [1.165, 1.54) is 11.8 Å². The number of carbonyl (C=O) groups excluding carboxylic acids is 1. The van der Waals surface area contributed by atoms with E-state index in [0.29, 0.717) is 9.23 Å². The summed E-state index contributed by atoms with van der Waals surface area (Å²) in [5, 5.41) is 4.83. The van der Waals surface area contributed by atoms with E-state index in [-0.39, 0.29) is 11.9 Å². The molecule has 4 nitrogen and oxygen atoms in total. The SMILES string of the molecule is CC[C@@H](C)N1C(=O)/C(=C/c2cn(-c3ccccc3)nc2-c2ccc(Br)cc2)SC1=S. The molecule has 152 valence electrons. The fraction of sp³-hybridized carbons (Fsp3) is 0.174. The van der Waals surface area contributed by atoms with Gasteiger partial charge in [0.05, 0.1) is 16.3 Å². The number of rotatable bonds is 5. The molecule has 1 atom stereocenters. The van der Waals surface area contributed by atoms with Gasteiger partial charge in [-0.05, 0) is 43.7 Å². The maximum atomic E-state index is 13.0. The molecule has 0 spiro atoms. The molecule has 0 aliphatic carbocycles. The van der Waals surface area contributed by atoms with Crippen molar-refractivity contribution >= 4 is 56.2 Å². The normalized spacial score (nSPS) is 16.5. The minimum Gasteiger partial charge on any atom is -0.290 e. The van der Waals surface area contributed by atoms with Crippen molar-refractivity contribution in [3.05, 3.63) is 75.7 Å². The molecule has 0 radical (unpaired) electrons. The van der Waals surface area contributed by atoms with Crippen LogP contribution in [0.25, 0.3) is 23.0 Å². The lowest BCUT2D eigenvalue weighted by Crippen LogP contribution is -2.36. The van der Waals surface area contributed by atoms with Crippen LogP contribution in [0.2, 0.25) is 0 Å². The van der Waals surface area contributed by atoms with Gasteiger partial charge < -0.3 is 0 Å². The van der Waals surface area contributed by atoms with Crippen LogP contribution in [-0.4, -0.2) is 30.9 Å². The highest BCUT2D eigenvalue weighted by Crippen LogP contribution is 2.36. The minimum absolute atomic E-state index is 0.0337. The summed E-state index contributed by atoms with van der Waals surface area (Å²) in [5.41, 5.74) is 3.64. The van der Waals surface area contributed by atoms with Crippen molar-refractivity contribution in [2.24, 2.45) is 0 Å². The van der Waals surface area contributed by atoms with Crippen LogP contribution in [-0.2, 0) is 4.79 Å². The van der Waals surface area contributed by atoms with Crippen LogP contribution in [0, 0.1) is 0 Å². The fourth-order valence-electron chi connectivity index (χ4n) is 3.22. The quantitative estimate of drug-likeness (QED) is 0.306. The molecule has 2 aromatic carbocycles. The average molecular weight is 498 g/mol. The van der Waals surface area contributed by atoms with Crippen LogP contribution in [0.5, 0.6) is 0 Å². The third kappa shape index (κ3) is 4.15. The zero-order valence-corrected chi connectivity index (χ0v) is 19.8. The Morgan fingerprint density at radius 3 is 2.53 bits per heavy atom. The maximum Gasteiger partial charge on any atom is 0.266 e. The molecule has 1 aliphatic rings. The van der Waals surface area contributed by atoms with E-state index in [1.54, 1.807) is 4.90 Å². The van der Waals surface area contributed by atoms with E-state index in [2.05, 4.69) is 22.9 Å². The Bertz CT molecular complexity index is 1120. The molecule has 1 fully saturated rings. The van der Waals surface area contributed by atoms with Crippen molar-refractivity contribution in [1.29, 1.82) is 0 Å². The van der Waals surface area contributed by atoms with E-state index < -0.39 is 0 Å². The largest absolute Gasteiger partial charge is 0.290 e. The molecule has 1 aliphatic heterocycles. The van der Waals surface area contributed by atoms with Gasteiger partial charge in [0.1, 0.15) is 4.32 Å². The standard InChI is InChI=1S/C23H20BrN3OS2/c1-3-15(2)27-22(28)20(30-23(27)29)13-17-14-26(19-7-5-4-6-8-19)25-21(17)16-9-11-18(24)12-10-16/h4-15H,3H2,1-2H3/b20-13-/t15-/m1/s1. The number of aromatic nitrogens is 2. The molecule has 30 heavy (non-hydrogen) atoms. The number of benzene rings is 2. The van der Waals surface area contributed by atoms with Gasteiger partial charge in [-0.15, -0.1) is 0 Å². The third-order valence-corrected chi connectivity index (χ3v) is 6.88. The second kappa shape index (κ2) is 8.88. The van der Waals surface area contributed by atoms with Gasteiger partial charge in [0.15, 0.2) is 0 Å². The van der Waals surface area contributed by atoms with Crippen molar-refractivity contribution in [3.63, 3.8) is 0 Å². The predicted octanol–water partition coefficient (Wildman–Crippen LogP) is 6.30. The summed E-state index contributed by atoms with van der Waals surface area (Å²) in [7, 11) is 0. The predicted molar refractivity (Wildman–Crippen MR) is 131 cm³/mol. The summed E-state index contributed by atoms with van der Waals surface area (Å²) in [6, 6.07) is 18.0. The monoisotopic (exact) mass is 497 g/mol. The number of thioether (sulfide) groups is 1. The van der Waals surface area contributed by atoms with Crippen LogP contribution in [0.1, 0.15) is 25.8 Å². The molecule has 0 unspecified atom stereocenters. The molecule has 1 aromatic heterocycles. The van der Waals surface area contributed by atoms with Gasteiger partial charge in [-0.2, -0.15) is 5.10 Å². The number of thiocarbonyl (C=S) groups is 1. The third-order valence-electron chi connectivity index (χ3n) is 5.02. The van der Waals surface area contributed by atoms with E-state index >= 15 is 0 Å². The molecular formula is C23H20BrN3OS2. The first-order valence-corrected chi connectivity index (χ1v) is 11.7. The average Bonchev–Trinajstić information content (AvgIpc) is 3.30. The van der Waals surface area contributed by atoms with E-state index in [9.17, 15) is 4.79 Å². The van der Waals surface area contributed by atoms with Gasteiger partial charge >= 0.3 is 0 Å². The zero-order chi connectivity index (χ0) is 21.3. The Kier molecular flexibility index (Phi) is 6.22. The Balaban J connectivity index is 1.79. The minimum atomic E-state index is -0.0337. The van der Waals surface area contributed by atoms with E-state index in [4.69, 9.17) is 17.3 Å². The topological polar surface area (TPSA) is 38.1 Å². The fourth-order valence-corrected chi connectivity index (χ4v) is 4.94. The van der Waals surface area contributed by atoms with Crippen LogP contribution in [0.15, 0.2) is 70.2 Å². The molecule has 7 heteroatoms. The molecule has 1 amide bonds. The summed E-state index contributed by atoms with van der Waals surface area (Å²) in [4.78, 5) is 15.4. The highest BCUT2D eigenvalue weighted by molar-refractivity contribution is 9.10. The lowest BCUT2D eigenvalue weighted by Gasteiger charge is -2.21. The molecular weight excluding hydrogens is 478 g/mol. The second-order valence-electron chi connectivity index (χ2n) is 7.03. The van der Waals surface area contributed by atoms with Gasteiger partial charge in [0.2, 0.25) is 0 Å². The number of halogens is 1. The van der Waals surface area contributed by atoms with Gasteiger partial charge in [-0.25, -0.2) is 4.68 Å². The van der Waals surface area contributed by atoms with E-state index in [1.807, 2.05) is 78.5 Å². The van der Waals surface area contributed by atoms with Gasteiger partial charge in [0.25, 0.3) is 5.91 Å². The first-order chi connectivity index (χ1) is 14.5. The van der Waals surface area contributed by atoms with Gasteiger partial charge in [0, 0.05) is 27.8 Å². The number of carbonyl (C=O) groups is 1. The molecule has 1 saturated heterocycles. The van der Waals surface area contributed by atoms with Crippen molar-refractivity contribution in [1.82, 2.24) is 14.7 Å². The Hall–Kier alpha value is -2.22. The lowest BCUT2D eigenvalue weighted by molar-refractivity contribution is -0.123. The van der Waals surface area contributed by atoms with Crippen LogP contribution in [0.3, 0.4) is 0 Å². The number of para-hydroxylation sites is 1. The lowest BCUT2D eigenvalue weighted by atomic mass is 10.1. The van der Waals surface area contributed by atoms with Gasteiger partial charge in [-0.1, -0.05) is 77.2 Å². The number of hydrogen-bond donors (Lipinski definition) is 0. The molecule has 2 heterocycles. The zero-order valence-electron chi connectivity index (χ0n) is 16.6. The summed E-state index contributed by atoms with van der Waals surface area (Å²) in [6.07, 6.45) is 4.73. The highest BCUT2D eigenvalue weighted by Gasteiger charge is 2.35. The first kappa shape index (κ1) is 21.0. The Labute approximate surface area is 194 Å². The van der Waals surface area contributed by atoms with Crippen molar-refractivity contribution < 1.29 is 4.79 Å². The van der Waals surface area contributed by atoms with Crippen molar-refractivity contribution in [2.75, 3.05) is 0 Å². The summed E-state index contributed by atoms with van der Waals surface area (Å²) in [5.74, 6) is -0.0337. The van der Waals surface area contributed by atoms with Crippen LogP contribution >= 0.6 is 39.9 Å². The molecule has 4 rings (SSSR count). The highest BCUT2D eigenvalue weighted by atomic mass is 79.9. The first-order valence-electron chi connectivity index (χ1n) is 9.66. The Morgan fingerprint density at radius 1 is 1.17 bits per heavy atom. The number of nitrogens with zero attached hydrogens (tertiary/aromatic N) is 3. The van der Waals surface area contributed by atoms with Gasteiger partial charge in [-0.3, -0.25) is 9.69 Å². The molecule has 3 aromatic rings. The smallest absolute Gasteiger partial charge is 0.266 e. The Morgan fingerprint density at radius 2 is 1.87 bits per heavy atom. The van der Waals surface area contributed by atoms with E-state index in [0.717, 1.165) is 33.4 Å². The summed E-state index contributed by atoms with van der Waals surface area (Å²) >= 11 is 10.3. The molecule has 0 bridgehead atoms. The summed E-state index contributed by atoms with van der Waals surface area (Å²) in [6.45, 7) is 4.08. The second-order valence-corrected chi connectivity index (χ2v) is 9.62. The number of amides is 1. The van der Waals surface area contributed by atoms with Crippen molar-refractivity contribution in [2.45, 2.75) is 26.3 Å². The number of hydrogen-bond acceptors (Lipinski definition) is 4. The van der Waals surface area contributed by atoms with Crippen LogP contribution in [0.4, 0.5) is 0 Å².